The van der Waals surface area contributed by atoms with Crippen molar-refractivity contribution < 1.29 is 9.59 Å². The fourth-order valence-electron chi connectivity index (χ4n) is 2.97. The summed E-state index contributed by atoms with van der Waals surface area (Å²) in [5.41, 5.74) is 2.12. The Bertz CT molecular complexity index is 868. The molecule has 1 saturated heterocycles. The molecule has 0 aliphatic carbocycles. The normalized spacial score (nSPS) is 13.8. The third-order valence-corrected chi connectivity index (χ3v) is 4.65. The predicted molar refractivity (Wildman–Crippen MR) is 105 cm³/mol. The second kappa shape index (κ2) is 8.56. The van der Waals surface area contributed by atoms with Crippen molar-refractivity contribution in [3.05, 3.63) is 59.1 Å². The number of amides is 2. The van der Waals surface area contributed by atoms with Crippen LogP contribution < -0.4 is 10.2 Å². The second-order valence-corrected chi connectivity index (χ2v) is 6.70. The van der Waals surface area contributed by atoms with Gasteiger partial charge in [0.15, 0.2) is 0 Å². The summed E-state index contributed by atoms with van der Waals surface area (Å²) in [5, 5.41) is 12.1. The standard InChI is InChI=1S/C20H19ClN4O2/c21-16-2-1-3-18(12-16)24-8-10-25(11-9-24)20(27)13-19(26)23-17-6-4-15(14-22)5-7-17/h1-7,12H,8-11,13H2,(H,23,26). The van der Waals surface area contributed by atoms with E-state index in [1.54, 1.807) is 29.2 Å². The highest BCUT2D eigenvalue weighted by Gasteiger charge is 2.23. The first-order chi connectivity index (χ1) is 13.0. The Morgan fingerprint density at radius 1 is 1.07 bits per heavy atom. The van der Waals surface area contributed by atoms with E-state index in [-0.39, 0.29) is 18.2 Å². The molecule has 3 rings (SSSR count). The van der Waals surface area contributed by atoms with Crippen LogP contribution in [0.25, 0.3) is 0 Å². The molecule has 0 spiro atoms. The number of carbonyl (C=O) groups is 2. The lowest BCUT2D eigenvalue weighted by atomic mass is 10.2. The number of nitriles is 1. The molecule has 6 nitrogen and oxygen atoms in total. The minimum absolute atomic E-state index is 0.188. The van der Waals surface area contributed by atoms with E-state index < -0.39 is 0 Å². The average Bonchev–Trinajstić information content (AvgIpc) is 2.68. The van der Waals surface area contributed by atoms with Crippen molar-refractivity contribution in [2.75, 3.05) is 36.4 Å². The monoisotopic (exact) mass is 382 g/mol. The first-order valence-corrected chi connectivity index (χ1v) is 9.01. The van der Waals surface area contributed by atoms with Crippen LogP contribution in [0.5, 0.6) is 0 Å². The van der Waals surface area contributed by atoms with E-state index in [1.165, 1.54) is 0 Å². The quantitative estimate of drug-likeness (QED) is 0.825. The summed E-state index contributed by atoms with van der Waals surface area (Å²) in [6.07, 6.45) is -0.197. The molecule has 1 N–H and O–H groups in total. The Kier molecular flexibility index (Phi) is 5.94. The van der Waals surface area contributed by atoms with Crippen LogP contribution in [0.2, 0.25) is 5.02 Å². The van der Waals surface area contributed by atoms with Gasteiger partial charge in [0, 0.05) is 42.6 Å². The van der Waals surface area contributed by atoms with E-state index in [1.807, 2.05) is 30.3 Å². The molecular formula is C20H19ClN4O2. The maximum absolute atomic E-state index is 12.4. The molecule has 0 aromatic heterocycles. The summed E-state index contributed by atoms with van der Waals surface area (Å²) >= 11 is 6.03. The van der Waals surface area contributed by atoms with Gasteiger partial charge in [-0.3, -0.25) is 9.59 Å². The number of anilines is 2. The molecule has 0 bridgehead atoms. The van der Waals surface area contributed by atoms with E-state index in [9.17, 15) is 9.59 Å². The predicted octanol–water partition coefficient (Wildman–Crippen LogP) is 2.89. The average molecular weight is 383 g/mol. The maximum Gasteiger partial charge on any atom is 0.233 e. The lowest BCUT2D eigenvalue weighted by Crippen LogP contribution is -2.49. The van der Waals surface area contributed by atoms with Crippen molar-refractivity contribution in [2.45, 2.75) is 6.42 Å². The van der Waals surface area contributed by atoms with Crippen molar-refractivity contribution in [3.8, 4) is 6.07 Å². The van der Waals surface area contributed by atoms with Gasteiger partial charge in [0.2, 0.25) is 11.8 Å². The number of hydrogen-bond acceptors (Lipinski definition) is 4. The molecule has 27 heavy (non-hydrogen) atoms. The van der Waals surface area contributed by atoms with Crippen LogP contribution in [-0.4, -0.2) is 42.9 Å². The van der Waals surface area contributed by atoms with Crippen molar-refractivity contribution in [1.82, 2.24) is 4.90 Å². The smallest absolute Gasteiger partial charge is 0.233 e. The maximum atomic E-state index is 12.4. The van der Waals surface area contributed by atoms with Gasteiger partial charge < -0.3 is 15.1 Å². The summed E-state index contributed by atoms with van der Waals surface area (Å²) in [6, 6.07) is 16.2. The van der Waals surface area contributed by atoms with Crippen LogP contribution in [0.3, 0.4) is 0 Å². The lowest BCUT2D eigenvalue weighted by molar-refractivity contribution is -0.134. The Balaban J connectivity index is 1.48. The van der Waals surface area contributed by atoms with Gasteiger partial charge in [-0.2, -0.15) is 5.26 Å². The molecule has 1 fully saturated rings. The molecule has 138 valence electrons. The molecule has 0 radical (unpaired) electrons. The van der Waals surface area contributed by atoms with Gasteiger partial charge in [-0.25, -0.2) is 0 Å². The van der Waals surface area contributed by atoms with Gasteiger partial charge in [0.05, 0.1) is 11.6 Å². The molecule has 0 saturated carbocycles. The van der Waals surface area contributed by atoms with Gasteiger partial charge in [-0.1, -0.05) is 17.7 Å². The van der Waals surface area contributed by atoms with Gasteiger partial charge in [0.25, 0.3) is 0 Å². The summed E-state index contributed by atoms with van der Waals surface area (Å²) in [4.78, 5) is 28.4. The Labute approximate surface area is 162 Å². The van der Waals surface area contributed by atoms with Gasteiger partial charge in [-0.15, -0.1) is 0 Å². The largest absolute Gasteiger partial charge is 0.368 e. The fraction of sp³-hybridized carbons (Fsp3) is 0.250. The molecule has 1 heterocycles. The van der Waals surface area contributed by atoms with E-state index in [4.69, 9.17) is 16.9 Å². The molecular weight excluding hydrogens is 364 g/mol. The van der Waals surface area contributed by atoms with Crippen LogP contribution in [0.4, 0.5) is 11.4 Å². The minimum atomic E-state index is -0.359. The third-order valence-electron chi connectivity index (χ3n) is 4.42. The zero-order chi connectivity index (χ0) is 19.2. The molecule has 2 amide bonds. The summed E-state index contributed by atoms with van der Waals surface area (Å²) in [7, 11) is 0. The second-order valence-electron chi connectivity index (χ2n) is 6.26. The summed E-state index contributed by atoms with van der Waals surface area (Å²) in [5.74, 6) is -0.547. The van der Waals surface area contributed by atoms with Crippen molar-refractivity contribution in [2.24, 2.45) is 0 Å². The summed E-state index contributed by atoms with van der Waals surface area (Å²) < 4.78 is 0. The number of piperazine rings is 1. The van der Waals surface area contributed by atoms with Crippen LogP contribution in [-0.2, 0) is 9.59 Å². The van der Waals surface area contributed by atoms with Gasteiger partial charge >= 0.3 is 0 Å². The fourth-order valence-corrected chi connectivity index (χ4v) is 3.15. The number of carbonyl (C=O) groups excluding carboxylic acids is 2. The Hall–Kier alpha value is -3.04. The van der Waals surface area contributed by atoms with Crippen LogP contribution >= 0.6 is 11.6 Å². The number of rotatable bonds is 4. The minimum Gasteiger partial charge on any atom is -0.368 e. The highest BCUT2D eigenvalue weighted by molar-refractivity contribution is 6.30. The van der Waals surface area contributed by atoms with Crippen molar-refractivity contribution in [1.29, 1.82) is 5.26 Å². The van der Waals surface area contributed by atoms with Crippen molar-refractivity contribution >= 4 is 34.8 Å². The number of nitrogens with one attached hydrogen (secondary N) is 1. The van der Waals surface area contributed by atoms with Crippen LogP contribution in [0, 0.1) is 11.3 Å². The topological polar surface area (TPSA) is 76.4 Å². The van der Waals surface area contributed by atoms with E-state index in [0.717, 1.165) is 5.69 Å². The molecule has 7 heteroatoms. The molecule has 1 aliphatic rings. The lowest BCUT2D eigenvalue weighted by Gasteiger charge is -2.36. The number of hydrogen-bond donors (Lipinski definition) is 1. The van der Waals surface area contributed by atoms with E-state index in [0.29, 0.717) is 42.5 Å². The van der Waals surface area contributed by atoms with E-state index in [2.05, 4.69) is 10.2 Å². The Morgan fingerprint density at radius 2 is 1.78 bits per heavy atom. The van der Waals surface area contributed by atoms with Crippen LogP contribution in [0.1, 0.15) is 12.0 Å². The molecule has 0 atom stereocenters. The first kappa shape index (κ1) is 18.7. The molecule has 2 aromatic carbocycles. The van der Waals surface area contributed by atoms with E-state index >= 15 is 0 Å². The summed E-state index contributed by atoms with van der Waals surface area (Å²) in [6.45, 7) is 2.53. The zero-order valence-corrected chi connectivity index (χ0v) is 15.4. The van der Waals surface area contributed by atoms with Crippen LogP contribution in [0.15, 0.2) is 48.5 Å². The SMILES string of the molecule is N#Cc1ccc(NC(=O)CC(=O)N2CCN(c3cccc(Cl)c3)CC2)cc1. The molecule has 0 unspecified atom stereocenters. The molecule has 1 aliphatic heterocycles. The third kappa shape index (κ3) is 4.99. The number of benzene rings is 2. The zero-order valence-electron chi connectivity index (χ0n) is 14.7. The number of nitrogens with zero attached hydrogens (tertiary/aromatic N) is 3. The van der Waals surface area contributed by atoms with Gasteiger partial charge in [-0.05, 0) is 42.5 Å². The number of halogens is 1. The van der Waals surface area contributed by atoms with Crippen molar-refractivity contribution in [3.63, 3.8) is 0 Å². The highest BCUT2D eigenvalue weighted by Crippen LogP contribution is 2.21. The molecule has 2 aromatic rings. The highest BCUT2D eigenvalue weighted by atomic mass is 35.5. The Morgan fingerprint density at radius 3 is 2.41 bits per heavy atom. The first-order valence-electron chi connectivity index (χ1n) is 8.63. The van der Waals surface area contributed by atoms with Gasteiger partial charge in [0.1, 0.15) is 6.42 Å².